The summed E-state index contributed by atoms with van der Waals surface area (Å²) in [6.45, 7) is 3.15. The number of anilines is 1. The predicted octanol–water partition coefficient (Wildman–Crippen LogP) is 2.16. The van der Waals surface area contributed by atoms with Crippen molar-refractivity contribution < 1.29 is 22.7 Å². The summed E-state index contributed by atoms with van der Waals surface area (Å²) >= 11 is 6.07. The van der Waals surface area contributed by atoms with Crippen molar-refractivity contribution in [1.29, 1.82) is 0 Å². The molecular weight excluding hydrogens is 456 g/mol. The van der Waals surface area contributed by atoms with Crippen LogP contribution in [0.3, 0.4) is 0 Å². The lowest BCUT2D eigenvalue weighted by Crippen LogP contribution is -2.39. The third-order valence-corrected chi connectivity index (χ3v) is 5.36. The Labute approximate surface area is 192 Å². The molecule has 0 aliphatic rings. The van der Waals surface area contributed by atoms with E-state index in [4.69, 9.17) is 16.3 Å². The molecule has 172 valence electrons. The largest absolute Gasteiger partial charge is 0.484 e. The topological polar surface area (TPSA) is 117 Å². The fourth-order valence-electron chi connectivity index (χ4n) is 2.54. The van der Waals surface area contributed by atoms with Crippen LogP contribution in [0.1, 0.15) is 19.4 Å². The van der Waals surface area contributed by atoms with Crippen LogP contribution in [0.15, 0.2) is 53.6 Å². The maximum absolute atomic E-state index is 12.2. The smallest absolute Gasteiger partial charge is 0.260 e. The van der Waals surface area contributed by atoms with Gasteiger partial charge in [-0.3, -0.25) is 13.9 Å². The molecule has 2 aromatic rings. The number of amides is 2. The fraction of sp³-hybridized carbons (Fsp3) is 0.286. The lowest BCUT2D eigenvalue weighted by molar-refractivity contribution is -0.123. The molecule has 9 nitrogen and oxygen atoms in total. The van der Waals surface area contributed by atoms with Crippen LogP contribution in [0.25, 0.3) is 0 Å². The maximum Gasteiger partial charge on any atom is 0.260 e. The van der Waals surface area contributed by atoms with Crippen molar-refractivity contribution in [1.82, 2.24) is 10.7 Å². The van der Waals surface area contributed by atoms with Crippen LogP contribution >= 0.6 is 11.6 Å². The summed E-state index contributed by atoms with van der Waals surface area (Å²) in [6.07, 6.45) is 2.39. The molecule has 0 unspecified atom stereocenters. The molecule has 2 amide bonds. The van der Waals surface area contributed by atoms with E-state index in [0.29, 0.717) is 11.3 Å². The van der Waals surface area contributed by atoms with Gasteiger partial charge in [0.05, 0.1) is 23.2 Å². The second kappa shape index (κ2) is 11.5. The molecule has 0 fully saturated rings. The van der Waals surface area contributed by atoms with Crippen molar-refractivity contribution in [3.05, 3.63) is 59.1 Å². The second-order valence-corrected chi connectivity index (χ2v) is 9.41. The number of ether oxygens (including phenoxy) is 1. The number of carbonyl (C=O) groups is 2. The predicted molar refractivity (Wildman–Crippen MR) is 125 cm³/mol. The molecule has 2 aromatic carbocycles. The first kappa shape index (κ1) is 25.2. The van der Waals surface area contributed by atoms with Gasteiger partial charge in [-0.2, -0.15) is 5.10 Å². The van der Waals surface area contributed by atoms with E-state index in [1.165, 1.54) is 18.3 Å². The molecule has 0 atom stereocenters. The molecule has 0 saturated heterocycles. The number of rotatable bonds is 10. The van der Waals surface area contributed by atoms with Gasteiger partial charge in [0, 0.05) is 6.04 Å². The van der Waals surface area contributed by atoms with Gasteiger partial charge in [0.1, 0.15) is 12.3 Å². The van der Waals surface area contributed by atoms with Crippen molar-refractivity contribution >= 4 is 45.3 Å². The van der Waals surface area contributed by atoms with E-state index in [0.717, 1.165) is 10.6 Å². The molecule has 0 aliphatic heterocycles. The van der Waals surface area contributed by atoms with Crippen molar-refractivity contribution in [2.75, 3.05) is 23.7 Å². The number of hydrogen-bond acceptors (Lipinski definition) is 6. The number of halogens is 1. The summed E-state index contributed by atoms with van der Waals surface area (Å²) in [5, 5.41) is 6.78. The molecule has 0 aliphatic carbocycles. The Morgan fingerprint density at radius 2 is 1.78 bits per heavy atom. The third-order valence-electron chi connectivity index (χ3n) is 3.91. The standard InChI is InChI=1S/C21H25ClN4O5S/c1-15(2)24-21(28)14-31-17-10-8-16(9-11-17)12-23-25-20(27)13-26(32(3,29)30)19-7-5-4-6-18(19)22/h4-12,15H,13-14H2,1-3H3,(H,24,28)(H,25,27)/b23-12-. The number of sulfonamides is 1. The Morgan fingerprint density at radius 1 is 1.12 bits per heavy atom. The second-order valence-electron chi connectivity index (χ2n) is 7.09. The van der Waals surface area contributed by atoms with E-state index in [1.54, 1.807) is 36.4 Å². The zero-order chi connectivity index (χ0) is 23.7. The Hall–Kier alpha value is -3.11. The summed E-state index contributed by atoms with van der Waals surface area (Å²) in [4.78, 5) is 23.8. The summed E-state index contributed by atoms with van der Waals surface area (Å²) in [5.41, 5.74) is 3.16. The van der Waals surface area contributed by atoms with Gasteiger partial charge in [0.2, 0.25) is 10.0 Å². The summed E-state index contributed by atoms with van der Waals surface area (Å²) in [7, 11) is -3.74. The fourth-order valence-corrected chi connectivity index (χ4v) is 3.70. The lowest BCUT2D eigenvalue weighted by Gasteiger charge is -2.22. The molecule has 2 N–H and O–H groups in total. The molecule has 2 rings (SSSR count). The van der Waals surface area contributed by atoms with E-state index in [-0.39, 0.29) is 29.3 Å². The highest BCUT2D eigenvalue weighted by molar-refractivity contribution is 7.92. The minimum absolute atomic E-state index is 0.0362. The van der Waals surface area contributed by atoms with Crippen LogP contribution in [0, 0.1) is 0 Å². The van der Waals surface area contributed by atoms with Gasteiger partial charge in [0.15, 0.2) is 6.61 Å². The van der Waals surface area contributed by atoms with Crippen molar-refractivity contribution in [3.63, 3.8) is 0 Å². The highest BCUT2D eigenvalue weighted by atomic mass is 35.5. The van der Waals surface area contributed by atoms with Crippen LogP contribution in [-0.2, 0) is 19.6 Å². The summed E-state index contributed by atoms with van der Waals surface area (Å²) < 4.78 is 30.5. The van der Waals surface area contributed by atoms with Crippen LogP contribution in [0.5, 0.6) is 5.75 Å². The molecule has 11 heteroatoms. The van der Waals surface area contributed by atoms with Crippen molar-refractivity contribution in [2.24, 2.45) is 5.10 Å². The van der Waals surface area contributed by atoms with Crippen LogP contribution in [0.4, 0.5) is 5.69 Å². The first-order chi connectivity index (χ1) is 15.1. The number of para-hydroxylation sites is 1. The first-order valence-electron chi connectivity index (χ1n) is 9.62. The van der Waals surface area contributed by atoms with Gasteiger partial charge < -0.3 is 10.1 Å². The van der Waals surface area contributed by atoms with E-state index in [2.05, 4.69) is 15.8 Å². The Bertz CT molecular complexity index is 1070. The minimum Gasteiger partial charge on any atom is -0.484 e. The quantitative estimate of drug-likeness (QED) is 0.399. The number of nitrogens with zero attached hydrogens (tertiary/aromatic N) is 2. The zero-order valence-electron chi connectivity index (χ0n) is 17.9. The van der Waals surface area contributed by atoms with Crippen molar-refractivity contribution in [2.45, 2.75) is 19.9 Å². The third kappa shape index (κ3) is 8.20. The van der Waals surface area contributed by atoms with Crippen molar-refractivity contribution in [3.8, 4) is 5.75 Å². The Balaban J connectivity index is 1.92. The van der Waals surface area contributed by atoms with Gasteiger partial charge in [0.25, 0.3) is 11.8 Å². The zero-order valence-corrected chi connectivity index (χ0v) is 19.5. The molecule has 0 radical (unpaired) electrons. The van der Waals surface area contributed by atoms with E-state index in [9.17, 15) is 18.0 Å². The lowest BCUT2D eigenvalue weighted by atomic mass is 10.2. The van der Waals surface area contributed by atoms with Crippen LogP contribution < -0.4 is 19.8 Å². The number of hydrazone groups is 1. The summed E-state index contributed by atoms with van der Waals surface area (Å²) in [5.74, 6) is -0.343. The monoisotopic (exact) mass is 480 g/mol. The Kier molecular flexibility index (Phi) is 9.03. The first-order valence-corrected chi connectivity index (χ1v) is 11.8. The average molecular weight is 481 g/mol. The molecular formula is C21H25ClN4O5S. The minimum atomic E-state index is -3.74. The molecule has 32 heavy (non-hydrogen) atoms. The number of benzene rings is 2. The van der Waals surface area contributed by atoms with E-state index < -0.39 is 22.5 Å². The van der Waals surface area contributed by atoms with Gasteiger partial charge in [-0.25, -0.2) is 13.8 Å². The van der Waals surface area contributed by atoms with Gasteiger partial charge >= 0.3 is 0 Å². The molecule has 0 heterocycles. The average Bonchev–Trinajstić information content (AvgIpc) is 2.71. The number of nitrogens with one attached hydrogen (secondary N) is 2. The van der Waals surface area contributed by atoms with Gasteiger partial charge in [-0.15, -0.1) is 0 Å². The SMILES string of the molecule is CC(C)NC(=O)COc1ccc(/C=N\NC(=O)CN(c2ccccc2Cl)S(C)(=O)=O)cc1. The summed E-state index contributed by atoms with van der Waals surface area (Å²) in [6, 6.07) is 13.1. The van der Waals surface area contributed by atoms with E-state index >= 15 is 0 Å². The molecule has 0 spiro atoms. The van der Waals surface area contributed by atoms with Crippen LogP contribution in [0.2, 0.25) is 5.02 Å². The van der Waals surface area contributed by atoms with Gasteiger partial charge in [-0.05, 0) is 55.8 Å². The maximum atomic E-state index is 12.2. The molecule has 0 aromatic heterocycles. The number of carbonyl (C=O) groups excluding carboxylic acids is 2. The highest BCUT2D eigenvalue weighted by Crippen LogP contribution is 2.26. The molecule has 0 saturated carbocycles. The Morgan fingerprint density at radius 3 is 2.38 bits per heavy atom. The van der Waals surface area contributed by atoms with Gasteiger partial charge in [-0.1, -0.05) is 23.7 Å². The van der Waals surface area contributed by atoms with Crippen LogP contribution in [-0.4, -0.2) is 51.9 Å². The molecule has 0 bridgehead atoms. The highest BCUT2D eigenvalue weighted by Gasteiger charge is 2.22. The van der Waals surface area contributed by atoms with E-state index in [1.807, 2.05) is 13.8 Å². The normalized spacial score (nSPS) is 11.4. The number of hydrogen-bond donors (Lipinski definition) is 2.